The maximum Gasteiger partial charge on any atom is 0.185 e. The Bertz CT molecular complexity index is 512. The molecule has 3 rings (SSSR count). The average Bonchev–Trinajstić information content (AvgIpc) is 3.09. The lowest BCUT2D eigenvalue weighted by atomic mass is 10.2. The van der Waals surface area contributed by atoms with E-state index in [0.29, 0.717) is 11.9 Å². The summed E-state index contributed by atoms with van der Waals surface area (Å²) >= 11 is 0. The Balaban J connectivity index is 2.13. The molecular weight excluding hydrogens is 200 g/mol. The van der Waals surface area contributed by atoms with E-state index in [-0.39, 0.29) is 0 Å². The molecule has 0 spiro atoms. The highest BCUT2D eigenvalue weighted by Crippen LogP contribution is 2.39. The SMILES string of the molecule is O=Cc1ncc(-c2ccccc2)n1C1CC1. The smallest absolute Gasteiger partial charge is 0.185 e. The number of carbonyl (C=O) groups excluding carboxylic acids is 1. The molecule has 0 radical (unpaired) electrons. The van der Waals surface area contributed by atoms with Gasteiger partial charge in [-0.05, 0) is 18.4 Å². The molecule has 1 aromatic carbocycles. The molecule has 1 aliphatic carbocycles. The first-order valence-corrected chi connectivity index (χ1v) is 5.48. The fourth-order valence-corrected chi connectivity index (χ4v) is 2.00. The van der Waals surface area contributed by atoms with Crippen molar-refractivity contribution in [3.8, 4) is 11.3 Å². The Morgan fingerprint density at radius 2 is 2.00 bits per heavy atom. The van der Waals surface area contributed by atoms with Gasteiger partial charge in [0.1, 0.15) is 0 Å². The summed E-state index contributed by atoms with van der Waals surface area (Å²) in [7, 11) is 0. The molecule has 1 aliphatic rings. The molecule has 1 aromatic heterocycles. The normalized spacial score (nSPS) is 15.0. The van der Waals surface area contributed by atoms with Crippen molar-refractivity contribution in [3.05, 3.63) is 42.4 Å². The van der Waals surface area contributed by atoms with Crippen LogP contribution in [-0.4, -0.2) is 15.8 Å². The summed E-state index contributed by atoms with van der Waals surface area (Å²) in [4.78, 5) is 15.1. The second-order valence-corrected chi connectivity index (χ2v) is 4.09. The van der Waals surface area contributed by atoms with Crippen LogP contribution in [0.15, 0.2) is 36.5 Å². The lowest BCUT2D eigenvalue weighted by Gasteiger charge is -2.07. The first-order valence-electron chi connectivity index (χ1n) is 5.48. The third kappa shape index (κ3) is 1.45. The molecule has 3 nitrogen and oxygen atoms in total. The molecule has 0 aliphatic heterocycles. The van der Waals surface area contributed by atoms with Crippen LogP contribution >= 0.6 is 0 Å². The van der Waals surface area contributed by atoms with Crippen molar-refractivity contribution in [2.24, 2.45) is 0 Å². The van der Waals surface area contributed by atoms with Gasteiger partial charge in [0.05, 0.1) is 11.9 Å². The van der Waals surface area contributed by atoms with E-state index >= 15 is 0 Å². The number of aldehydes is 1. The Labute approximate surface area is 93.7 Å². The van der Waals surface area contributed by atoms with Crippen LogP contribution in [0.3, 0.4) is 0 Å². The predicted octanol–water partition coefficient (Wildman–Crippen LogP) is 2.70. The highest BCUT2D eigenvalue weighted by Gasteiger charge is 2.28. The maximum atomic E-state index is 10.9. The fraction of sp³-hybridized carbons (Fsp3) is 0.231. The fourth-order valence-electron chi connectivity index (χ4n) is 2.00. The molecule has 3 heteroatoms. The second-order valence-electron chi connectivity index (χ2n) is 4.09. The highest BCUT2D eigenvalue weighted by atomic mass is 16.1. The minimum Gasteiger partial charge on any atom is -0.319 e. The van der Waals surface area contributed by atoms with Crippen LogP contribution in [0.4, 0.5) is 0 Å². The molecular formula is C13H12N2O. The molecule has 2 aromatic rings. The van der Waals surface area contributed by atoms with Crippen molar-refractivity contribution in [1.29, 1.82) is 0 Å². The Morgan fingerprint density at radius 1 is 1.25 bits per heavy atom. The first kappa shape index (κ1) is 9.33. The Morgan fingerprint density at radius 3 is 2.62 bits per heavy atom. The lowest BCUT2D eigenvalue weighted by Crippen LogP contribution is -2.02. The number of benzene rings is 1. The molecule has 0 atom stereocenters. The summed E-state index contributed by atoms with van der Waals surface area (Å²) in [6, 6.07) is 10.6. The van der Waals surface area contributed by atoms with Crippen LogP contribution in [0.2, 0.25) is 0 Å². The predicted molar refractivity (Wildman–Crippen MR) is 61.3 cm³/mol. The molecule has 0 saturated heterocycles. The van der Waals surface area contributed by atoms with Crippen LogP contribution in [0.5, 0.6) is 0 Å². The van der Waals surface area contributed by atoms with Crippen LogP contribution in [0, 0.1) is 0 Å². The van der Waals surface area contributed by atoms with E-state index < -0.39 is 0 Å². The van der Waals surface area contributed by atoms with Crippen molar-refractivity contribution in [2.75, 3.05) is 0 Å². The van der Waals surface area contributed by atoms with E-state index in [0.717, 1.165) is 30.4 Å². The van der Waals surface area contributed by atoms with Crippen molar-refractivity contribution in [2.45, 2.75) is 18.9 Å². The molecule has 1 saturated carbocycles. The quantitative estimate of drug-likeness (QED) is 0.733. The van der Waals surface area contributed by atoms with Gasteiger partial charge in [-0.1, -0.05) is 30.3 Å². The number of imidazole rings is 1. The minimum atomic E-state index is 0.470. The van der Waals surface area contributed by atoms with Gasteiger partial charge < -0.3 is 4.57 Å². The lowest BCUT2D eigenvalue weighted by molar-refractivity contribution is 0.111. The van der Waals surface area contributed by atoms with Crippen molar-refractivity contribution in [3.63, 3.8) is 0 Å². The summed E-state index contributed by atoms with van der Waals surface area (Å²) in [6.07, 6.45) is 4.93. The van der Waals surface area contributed by atoms with Crippen LogP contribution in [0.25, 0.3) is 11.3 Å². The molecule has 16 heavy (non-hydrogen) atoms. The topological polar surface area (TPSA) is 34.9 Å². The number of rotatable bonds is 3. The summed E-state index contributed by atoms with van der Waals surface area (Å²) in [5.41, 5.74) is 2.17. The zero-order valence-corrected chi connectivity index (χ0v) is 8.84. The van der Waals surface area contributed by atoms with E-state index in [9.17, 15) is 4.79 Å². The van der Waals surface area contributed by atoms with Gasteiger partial charge in [0.2, 0.25) is 0 Å². The molecule has 0 unspecified atom stereocenters. The van der Waals surface area contributed by atoms with Crippen LogP contribution < -0.4 is 0 Å². The van der Waals surface area contributed by atoms with Crippen LogP contribution in [-0.2, 0) is 0 Å². The number of carbonyl (C=O) groups is 1. The molecule has 80 valence electrons. The van der Waals surface area contributed by atoms with Gasteiger partial charge in [-0.2, -0.15) is 0 Å². The second kappa shape index (κ2) is 3.59. The number of hydrogen-bond acceptors (Lipinski definition) is 2. The molecule has 0 amide bonds. The van der Waals surface area contributed by atoms with Gasteiger partial charge in [-0.3, -0.25) is 4.79 Å². The number of hydrogen-bond donors (Lipinski definition) is 0. The van der Waals surface area contributed by atoms with E-state index in [1.807, 2.05) is 30.3 Å². The molecule has 0 N–H and O–H groups in total. The van der Waals surface area contributed by atoms with Gasteiger partial charge in [-0.15, -0.1) is 0 Å². The zero-order chi connectivity index (χ0) is 11.0. The van der Waals surface area contributed by atoms with Gasteiger partial charge in [-0.25, -0.2) is 4.98 Å². The Kier molecular flexibility index (Phi) is 2.10. The third-order valence-electron chi connectivity index (χ3n) is 2.91. The van der Waals surface area contributed by atoms with Crippen molar-refractivity contribution < 1.29 is 4.79 Å². The molecule has 1 heterocycles. The minimum absolute atomic E-state index is 0.470. The Hall–Kier alpha value is -1.90. The van der Waals surface area contributed by atoms with Gasteiger partial charge in [0.25, 0.3) is 0 Å². The van der Waals surface area contributed by atoms with E-state index in [2.05, 4.69) is 9.55 Å². The maximum absolute atomic E-state index is 10.9. The summed E-state index contributed by atoms with van der Waals surface area (Å²) in [5.74, 6) is 0.543. The van der Waals surface area contributed by atoms with Crippen LogP contribution in [0.1, 0.15) is 29.5 Å². The third-order valence-corrected chi connectivity index (χ3v) is 2.91. The summed E-state index contributed by atoms with van der Waals surface area (Å²) < 4.78 is 2.06. The van der Waals surface area contributed by atoms with E-state index in [4.69, 9.17) is 0 Å². The molecule has 1 fully saturated rings. The molecule has 0 bridgehead atoms. The van der Waals surface area contributed by atoms with Gasteiger partial charge in [0, 0.05) is 6.04 Å². The first-order chi connectivity index (χ1) is 7.90. The monoisotopic (exact) mass is 212 g/mol. The zero-order valence-electron chi connectivity index (χ0n) is 8.84. The summed E-state index contributed by atoms with van der Waals surface area (Å²) in [5, 5.41) is 0. The number of aromatic nitrogens is 2. The average molecular weight is 212 g/mol. The number of nitrogens with zero attached hydrogens (tertiary/aromatic N) is 2. The van der Waals surface area contributed by atoms with E-state index in [1.165, 1.54) is 0 Å². The standard InChI is InChI=1S/C13H12N2O/c16-9-13-14-8-12(15(13)11-6-7-11)10-4-2-1-3-5-10/h1-5,8-9,11H,6-7H2. The van der Waals surface area contributed by atoms with Crippen molar-refractivity contribution in [1.82, 2.24) is 9.55 Å². The van der Waals surface area contributed by atoms with Crippen molar-refractivity contribution >= 4 is 6.29 Å². The van der Waals surface area contributed by atoms with E-state index in [1.54, 1.807) is 6.20 Å². The van der Waals surface area contributed by atoms with Gasteiger partial charge in [0.15, 0.2) is 12.1 Å². The largest absolute Gasteiger partial charge is 0.319 e. The highest BCUT2D eigenvalue weighted by molar-refractivity contribution is 5.73. The summed E-state index contributed by atoms with van der Waals surface area (Å²) in [6.45, 7) is 0. The van der Waals surface area contributed by atoms with Gasteiger partial charge >= 0.3 is 0 Å².